The molecule has 112 valence electrons. The maximum atomic E-state index is 12.2. The molecule has 2 atom stereocenters. The minimum absolute atomic E-state index is 0.0710. The van der Waals surface area contributed by atoms with E-state index in [2.05, 4.69) is 12.2 Å². The van der Waals surface area contributed by atoms with Crippen molar-refractivity contribution in [1.82, 2.24) is 10.2 Å². The van der Waals surface area contributed by atoms with Crippen LogP contribution in [0.3, 0.4) is 0 Å². The number of carbonyl (C=O) groups excluding carboxylic acids is 1. The Hall–Kier alpha value is -1.95. The lowest BCUT2D eigenvalue weighted by molar-refractivity contribution is -0.384. The molecule has 2 aliphatic rings. The predicted molar refractivity (Wildman–Crippen MR) is 77.5 cm³/mol. The summed E-state index contributed by atoms with van der Waals surface area (Å²) in [6.07, 6.45) is 3.43. The molecule has 1 aliphatic heterocycles. The van der Waals surface area contributed by atoms with Crippen LogP contribution in [0.4, 0.5) is 5.69 Å². The van der Waals surface area contributed by atoms with Crippen LogP contribution < -0.4 is 5.32 Å². The number of rotatable bonds is 4. The van der Waals surface area contributed by atoms with Gasteiger partial charge < -0.3 is 4.90 Å². The molecule has 1 aliphatic carbocycles. The smallest absolute Gasteiger partial charge is 0.269 e. The lowest BCUT2D eigenvalue weighted by Gasteiger charge is -2.39. The van der Waals surface area contributed by atoms with Crippen LogP contribution in [0.25, 0.3) is 0 Å². The lowest BCUT2D eigenvalue weighted by atomic mass is 9.79. The highest BCUT2D eigenvalue weighted by Crippen LogP contribution is 2.36. The van der Waals surface area contributed by atoms with E-state index in [-0.39, 0.29) is 23.8 Å². The van der Waals surface area contributed by atoms with Crippen LogP contribution in [0, 0.1) is 16.0 Å². The summed E-state index contributed by atoms with van der Waals surface area (Å²) in [4.78, 5) is 24.4. The third-order valence-corrected chi connectivity index (χ3v) is 4.70. The van der Waals surface area contributed by atoms with Crippen molar-refractivity contribution in [3.05, 3.63) is 39.9 Å². The van der Waals surface area contributed by atoms with Crippen molar-refractivity contribution < 1.29 is 9.72 Å². The van der Waals surface area contributed by atoms with Gasteiger partial charge in [-0.1, -0.05) is 6.42 Å². The number of amides is 1. The Bertz CT molecular complexity index is 554. The molecule has 0 aromatic heterocycles. The SMILES string of the molecule is CC(C1CCC1)N1C(=O)CNC1c1ccc([N+](=O)[O-])cc1. The fraction of sp³-hybridized carbons (Fsp3) is 0.533. The third kappa shape index (κ3) is 2.51. The first-order valence-electron chi connectivity index (χ1n) is 7.37. The van der Waals surface area contributed by atoms with Gasteiger partial charge in [-0.15, -0.1) is 0 Å². The number of benzene rings is 1. The van der Waals surface area contributed by atoms with Crippen LogP contribution in [0.5, 0.6) is 0 Å². The third-order valence-electron chi connectivity index (χ3n) is 4.70. The average molecular weight is 289 g/mol. The van der Waals surface area contributed by atoms with E-state index in [1.54, 1.807) is 12.1 Å². The number of hydrogen-bond acceptors (Lipinski definition) is 4. The Morgan fingerprint density at radius 2 is 2.00 bits per heavy atom. The van der Waals surface area contributed by atoms with Gasteiger partial charge in [0.2, 0.25) is 5.91 Å². The van der Waals surface area contributed by atoms with E-state index in [1.165, 1.54) is 31.4 Å². The number of carbonyl (C=O) groups is 1. The molecule has 0 spiro atoms. The molecule has 1 saturated carbocycles. The number of nitro groups is 1. The molecule has 0 bridgehead atoms. The second-order valence-electron chi connectivity index (χ2n) is 5.86. The van der Waals surface area contributed by atoms with Crippen molar-refractivity contribution in [2.45, 2.75) is 38.4 Å². The molecule has 3 rings (SSSR count). The standard InChI is InChI=1S/C15H19N3O3/c1-10(11-3-2-4-11)17-14(19)9-16-15(17)12-5-7-13(8-6-12)18(20)21/h5-8,10-11,15-16H,2-4,9H2,1H3. The van der Waals surface area contributed by atoms with Gasteiger partial charge in [-0.3, -0.25) is 20.2 Å². The Morgan fingerprint density at radius 1 is 1.33 bits per heavy atom. The van der Waals surface area contributed by atoms with Crippen molar-refractivity contribution >= 4 is 11.6 Å². The molecule has 1 saturated heterocycles. The molecule has 6 nitrogen and oxygen atoms in total. The molecule has 0 radical (unpaired) electrons. The van der Waals surface area contributed by atoms with Gasteiger partial charge in [0.15, 0.2) is 0 Å². The van der Waals surface area contributed by atoms with Crippen LogP contribution in [0.1, 0.15) is 37.9 Å². The van der Waals surface area contributed by atoms with Crippen molar-refractivity contribution in [1.29, 1.82) is 0 Å². The van der Waals surface area contributed by atoms with E-state index in [0.29, 0.717) is 12.5 Å². The summed E-state index contributed by atoms with van der Waals surface area (Å²) in [6.45, 7) is 2.44. The van der Waals surface area contributed by atoms with Gasteiger partial charge in [-0.2, -0.15) is 0 Å². The minimum atomic E-state index is -0.411. The average Bonchev–Trinajstić information content (AvgIpc) is 2.78. The van der Waals surface area contributed by atoms with Crippen LogP contribution in [-0.2, 0) is 4.79 Å². The van der Waals surface area contributed by atoms with Crippen molar-refractivity contribution in [3.8, 4) is 0 Å². The first kappa shape index (κ1) is 14.0. The second kappa shape index (κ2) is 5.44. The maximum absolute atomic E-state index is 12.2. The number of hydrogen-bond donors (Lipinski definition) is 1. The minimum Gasteiger partial charge on any atom is -0.319 e. The number of non-ortho nitro benzene ring substituents is 1. The topological polar surface area (TPSA) is 75.5 Å². The zero-order valence-electron chi connectivity index (χ0n) is 12.0. The molecular formula is C15H19N3O3. The van der Waals surface area contributed by atoms with Crippen LogP contribution in [0.2, 0.25) is 0 Å². The first-order valence-corrected chi connectivity index (χ1v) is 7.37. The molecule has 2 unspecified atom stereocenters. The van der Waals surface area contributed by atoms with Gasteiger partial charge in [0, 0.05) is 18.2 Å². The summed E-state index contributed by atoms with van der Waals surface area (Å²) in [6, 6.07) is 6.66. The van der Waals surface area contributed by atoms with Crippen LogP contribution in [-0.4, -0.2) is 28.3 Å². The molecule has 1 aromatic carbocycles. The van der Waals surface area contributed by atoms with E-state index in [4.69, 9.17) is 0 Å². The fourth-order valence-corrected chi connectivity index (χ4v) is 3.19. The fourth-order valence-electron chi connectivity index (χ4n) is 3.19. The maximum Gasteiger partial charge on any atom is 0.269 e. The Morgan fingerprint density at radius 3 is 2.52 bits per heavy atom. The number of nitrogens with zero attached hydrogens (tertiary/aromatic N) is 2. The van der Waals surface area contributed by atoms with E-state index < -0.39 is 4.92 Å². The summed E-state index contributed by atoms with van der Waals surface area (Å²) in [5.41, 5.74) is 0.972. The summed E-state index contributed by atoms with van der Waals surface area (Å²) in [5.74, 6) is 0.687. The molecule has 1 aromatic rings. The van der Waals surface area contributed by atoms with E-state index >= 15 is 0 Å². The summed E-state index contributed by atoms with van der Waals surface area (Å²) in [5, 5.41) is 13.9. The molecule has 1 N–H and O–H groups in total. The van der Waals surface area contributed by atoms with Gasteiger partial charge in [0.05, 0.1) is 11.5 Å². The zero-order chi connectivity index (χ0) is 15.0. The molecule has 1 amide bonds. The van der Waals surface area contributed by atoms with Crippen molar-refractivity contribution in [3.63, 3.8) is 0 Å². The summed E-state index contributed by atoms with van der Waals surface area (Å²) in [7, 11) is 0. The molecule has 2 fully saturated rings. The largest absolute Gasteiger partial charge is 0.319 e. The molecule has 6 heteroatoms. The zero-order valence-corrected chi connectivity index (χ0v) is 12.0. The van der Waals surface area contributed by atoms with E-state index in [1.807, 2.05) is 4.90 Å². The van der Waals surface area contributed by atoms with E-state index in [9.17, 15) is 14.9 Å². The monoisotopic (exact) mass is 289 g/mol. The predicted octanol–water partition coefficient (Wildman–Crippen LogP) is 2.21. The Kier molecular flexibility index (Phi) is 3.63. The van der Waals surface area contributed by atoms with Gasteiger partial charge in [-0.25, -0.2) is 0 Å². The van der Waals surface area contributed by atoms with E-state index in [0.717, 1.165) is 5.56 Å². The van der Waals surface area contributed by atoms with Gasteiger partial charge in [0.1, 0.15) is 6.17 Å². The number of nitro benzene ring substituents is 1. The molecule has 21 heavy (non-hydrogen) atoms. The van der Waals surface area contributed by atoms with Gasteiger partial charge in [-0.05, 0) is 43.4 Å². The Balaban J connectivity index is 1.82. The highest BCUT2D eigenvalue weighted by atomic mass is 16.6. The van der Waals surface area contributed by atoms with Crippen molar-refractivity contribution in [2.75, 3.05) is 6.54 Å². The van der Waals surface area contributed by atoms with Crippen LogP contribution in [0.15, 0.2) is 24.3 Å². The summed E-state index contributed by atoms with van der Waals surface area (Å²) < 4.78 is 0. The normalized spacial score (nSPS) is 24.0. The van der Waals surface area contributed by atoms with Gasteiger partial charge >= 0.3 is 0 Å². The highest BCUT2D eigenvalue weighted by molar-refractivity contribution is 5.81. The Labute approximate surface area is 123 Å². The van der Waals surface area contributed by atoms with Crippen LogP contribution >= 0.6 is 0 Å². The lowest BCUT2D eigenvalue weighted by Crippen LogP contribution is -2.44. The highest BCUT2D eigenvalue weighted by Gasteiger charge is 2.39. The molecular weight excluding hydrogens is 270 g/mol. The quantitative estimate of drug-likeness (QED) is 0.681. The first-order chi connectivity index (χ1) is 10.1. The van der Waals surface area contributed by atoms with Crippen molar-refractivity contribution in [2.24, 2.45) is 5.92 Å². The second-order valence-corrected chi connectivity index (χ2v) is 5.86. The number of nitrogens with one attached hydrogen (secondary N) is 1. The van der Waals surface area contributed by atoms with Gasteiger partial charge in [0.25, 0.3) is 5.69 Å². The summed E-state index contributed by atoms with van der Waals surface area (Å²) >= 11 is 0. The molecule has 1 heterocycles.